The van der Waals surface area contributed by atoms with E-state index in [-0.39, 0.29) is 12.5 Å². The topological polar surface area (TPSA) is 94.8 Å². The van der Waals surface area contributed by atoms with E-state index in [4.69, 9.17) is 9.72 Å². The van der Waals surface area contributed by atoms with Gasteiger partial charge in [0.2, 0.25) is 0 Å². The summed E-state index contributed by atoms with van der Waals surface area (Å²) in [6.45, 7) is 2.44. The van der Waals surface area contributed by atoms with Gasteiger partial charge in [0.15, 0.2) is 0 Å². The zero-order valence-electron chi connectivity index (χ0n) is 19.3. The van der Waals surface area contributed by atoms with Gasteiger partial charge in [-0.2, -0.15) is 9.78 Å². The Morgan fingerprint density at radius 2 is 1.91 bits per heavy atom. The summed E-state index contributed by atoms with van der Waals surface area (Å²) >= 11 is 0. The van der Waals surface area contributed by atoms with Crippen LogP contribution in [0.5, 0.6) is 0 Å². The maximum absolute atomic E-state index is 13.0. The monoisotopic (exact) mass is 454 g/mol. The van der Waals surface area contributed by atoms with E-state index < -0.39 is 0 Å². The van der Waals surface area contributed by atoms with Crippen molar-refractivity contribution in [2.75, 3.05) is 7.11 Å². The molecule has 5 rings (SSSR count). The fourth-order valence-corrected chi connectivity index (χ4v) is 4.33. The van der Waals surface area contributed by atoms with E-state index in [0.717, 1.165) is 47.5 Å². The normalized spacial score (nSPS) is 12.5. The third-order valence-corrected chi connectivity index (χ3v) is 5.98. The number of nitrogens with zero attached hydrogens (tertiary/aromatic N) is 5. The van der Waals surface area contributed by atoms with Crippen LogP contribution in [0.2, 0.25) is 0 Å². The van der Waals surface area contributed by atoms with Gasteiger partial charge in [-0.15, -0.1) is 0 Å². The predicted octanol–water partition coefficient (Wildman–Crippen LogP) is 3.60. The molecule has 1 aromatic carbocycles. The number of hydrogen-bond donors (Lipinski definition) is 1. The Morgan fingerprint density at radius 1 is 1.06 bits per heavy atom. The molecule has 3 aromatic heterocycles. The highest BCUT2D eigenvalue weighted by molar-refractivity contribution is 5.95. The number of benzene rings is 1. The zero-order valence-corrected chi connectivity index (χ0v) is 19.3. The highest BCUT2D eigenvalue weighted by Gasteiger charge is 2.22. The molecular formula is C26H26N6O2. The van der Waals surface area contributed by atoms with E-state index >= 15 is 0 Å². The van der Waals surface area contributed by atoms with Crippen LogP contribution >= 0.6 is 0 Å². The predicted molar refractivity (Wildman–Crippen MR) is 127 cm³/mol. The average Bonchev–Trinajstić information content (AvgIpc) is 3.17. The summed E-state index contributed by atoms with van der Waals surface area (Å²) in [4.78, 5) is 26.9. The molecule has 0 aliphatic heterocycles. The van der Waals surface area contributed by atoms with Crippen molar-refractivity contribution < 1.29 is 9.53 Å². The Hall–Kier alpha value is -3.91. The van der Waals surface area contributed by atoms with Crippen LogP contribution in [-0.4, -0.2) is 37.7 Å². The van der Waals surface area contributed by atoms with Gasteiger partial charge in [-0.25, -0.2) is 9.97 Å². The number of carbonyl (C=O) groups excluding carboxylic acids is 1. The number of aryl methyl sites for hydroxylation is 3. The molecule has 0 fully saturated rings. The van der Waals surface area contributed by atoms with Gasteiger partial charge in [0.1, 0.15) is 0 Å². The van der Waals surface area contributed by atoms with Crippen molar-refractivity contribution in [3.63, 3.8) is 0 Å². The molecule has 1 N–H and O–H groups in total. The molecule has 1 amide bonds. The standard InChI is InChI=1S/C26H26N6O2/c1-17-7-5-11-20(30-17)14-27-25(33)22-15-29-32(23(22)16-34-2)26-28-13-19-10-6-9-18-8-3-4-12-21(18)24(19)31-26/h3-5,7-8,11-13,15H,6,9-10,14,16H2,1-2H3,(H,27,33). The highest BCUT2D eigenvalue weighted by atomic mass is 16.5. The number of carbonyl (C=O) groups is 1. The van der Waals surface area contributed by atoms with Gasteiger partial charge in [-0.3, -0.25) is 9.78 Å². The highest BCUT2D eigenvalue weighted by Crippen LogP contribution is 2.31. The maximum Gasteiger partial charge on any atom is 0.255 e. The number of methoxy groups -OCH3 is 1. The number of aromatic nitrogens is 5. The van der Waals surface area contributed by atoms with E-state index in [0.29, 0.717) is 23.8 Å². The van der Waals surface area contributed by atoms with Gasteiger partial charge in [-0.1, -0.05) is 30.3 Å². The Balaban J connectivity index is 1.47. The number of ether oxygens (including phenoxy) is 1. The van der Waals surface area contributed by atoms with Crippen molar-refractivity contribution in [2.45, 2.75) is 39.3 Å². The van der Waals surface area contributed by atoms with E-state index in [1.807, 2.05) is 37.4 Å². The molecule has 0 atom stereocenters. The summed E-state index contributed by atoms with van der Waals surface area (Å²) in [5.41, 5.74) is 7.18. The second-order valence-corrected chi connectivity index (χ2v) is 8.36. The molecule has 4 aromatic rings. The first-order valence-corrected chi connectivity index (χ1v) is 11.3. The molecule has 8 nitrogen and oxygen atoms in total. The fourth-order valence-electron chi connectivity index (χ4n) is 4.33. The number of amides is 1. The minimum atomic E-state index is -0.248. The van der Waals surface area contributed by atoms with Gasteiger partial charge in [0.05, 0.1) is 42.0 Å². The molecule has 0 spiro atoms. The van der Waals surface area contributed by atoms with Crippen LogP contribution in [0.25, 0.3) is 17.2 Å². The number of fused-ring (bicyclic) bond motifs is 3. The van der Waals surface area contributed by atoms with Crippen molar-refractivity contribution >= 4 is 5.91 Å². The van der Waals surface area contributed by atoms with Crippen LogP contribution in [0.15, 0.2) is 54.9 Å². The van der Waals surface area contributed by atoms with Crippen molar-refractivity contribution in [3.05, 3.63) is 88.6 Å². The summed E-state index contributed by atoms with van der Waals surface area (Å²) in [6, 6.07) is 14.1. The number of nitrogens with one attached hydrogen (secondary N) is 1. The van der Waals surface area contributed by atoms with Crippen molar-refractivity contribution in [1.82, 2.24) is 30.0 Å². The van der Waals surface area contributed by atoms with Crippen LogP contribution in [0.3, 0.4) is 0 Å². The quantitative estimate of drug-likeness (QED) is 0.478. The lowest BCUT2D eigenvalue weighted by Crippen LogP contribution is -2.24. The second-order valence-electron chi connectivity index (χ2n) is 8.36. The SMILES string of the molecule is COCc1c(C(=O)NCc2cccc(C)n2)cnn1-c1ncc2c(n1)-c1ccccc1CCC2. The van der Waals surface area contributed by atoms with E-state index in [2.05, 4.69) is 38.6 Å². The summed E-state index contributed by atoms with van der Waals surface area (Å²) in [7, 11) is 1.59. The van der Waals surface area contributed by atoms with Crippen LogP contribution in [-0.2, 0) is 30.7 Å². The van der Waals surface area contributed by atoms with Crippen LogP contribution in [0.1, 0.15) is 45.0 Å². The second kappa shape index (κ2) is 9.52. The largest absolute Gasteiger partial charge is 0.378 e. The summed E-state index contributed by atoms with van der Waals surface area (Å²) in [6.07, 6.45) is 6.41. The minimum absolute atomic E-state index is 0.197. The molecule has 0 saturated carbocycles. The Bertz CT molecular complexity index is 1350. The smallest absolute Gasteiger partial charge is 0.255 e. The molecule has 34 heavy (non-hydrogen) atoms. The van der Waals surface area contributed by atoms with Gasteiger partial charge < -0.3 is 10.1 Å². The van der Waals surface area contributed by atoms with Crippen LogP contribution < -0.4 is 5.32 Å². The zero-order chi connectivity index (χ0) is 23.5. The third-order valence-electron chi connectivity index (χ3n) is 5.98. The molecule has 1 aliphatic rings. The lowest BCUT2D eigenvalue weighted by Gasteiger charge is -2.12. The molecule has 0 bridgehead atoms. The number of rotatable bonds is 6. The van der Waals surface area contributed by atoms with Gasteiger partial charge >= 0.3 is 0 Å². The summed E-state index contributed by atoms with van der Waals surface area (Å²) < 4.78 is 6.99. The molecule has 0 unspecified atom stereocenters. The first-order chi connectivity index (χ1) is 16.6. The first kappa shape index (κ1) is 21.9. The molecule has 1 aliphatic carbocycles. The van der Waals surface area contributed by atoms with Crippen LogP contribution in [0, 0.1) is 6.92 Å². The minimum Gasteiger partial charge on any atom is -0.378 e. The van der Waals surface area contributed by atoms with E-state index in [9.17, 15) is 4.79 Å². The van der Waals surface area contributed by atoms with Crippen LogP contribution in [0.4, 0.5) is 0 Å². The molecule has 8 heteroatoms. The molecule has 3 heterocycles. The van der Waals surface area contributed by atoms with Crippen molar-refractivity contribution in [1.29, 1.82) is 0 Å². The first-order valence-electron chi connectivity index (χ1n) is 11.3. The van der Waals surface area contributed by atoms with E-state index in [1.54, 1.807) is 11.8 Å². The third kappa shape index (κ3) is 4.32. The Kier molecular flexibility index (Phi) is 6.14. The summed E-state index contributed by atoms with van der Waals surface area (Å²) in [5, 5.41) is 7.38. The Labute approximate surface area is 198 Å². The maximum atomic E-state index is 13.0. The van der Waals surface area contributed by atoms with Gasteiger partial charge in [0.25, 0.3) is 11.9 Å². The average molecular weight is 455 g/mol. The molecule has 0 radical (unpaired) electrons. The van der Waals surface area contributed by atoms with Gasteiger partial charge in [-0.05, 0) is 49.4 Å². The van der Waals surface area contributed by atoms with Crippen molar-refractivity contribution in [3.8, 4) is 17.2 Å². The Morgan fingerprint density at radius 3 is 2.76 bits per heavy atom. The van der Waals surface area contributed by atoms with E-state index in [1.165, 1.54) is 11.8 Å². The summed E-state index contributed by atoms with van der Waals surface area (Å²) in [5.74, 6) is 0.170. The lowest BCUT2D eigenvalue weighted by molar-refractivity contribution is 0.0945. The van der Waals surface area contributed by atoms with Crippen molar-refractivity contribution in [2.24, 2.45) is 0 Å². The molecule has 172 valence electrons. The molecule has 0 saturated heterocycles. The molecular weight excluding hydrogens is 428 g/mol. The number of pyridine rings is 1. The fraction of sp³-hybridized carbons (Fsp3) is 0.269. The lowest BCUT2D eigenvalue weighted by atomic mass is 10.0. The van der Waals surface area contributed by atoms with Gasteiger partial charge in [0, 0.05) is 24.6 Å². The number of hydrogen-bond acceptors (Lipinski definition) is 6.